The minimum absolute atomic E-state index is 0.0565. The van der Waals surface area contributed by atoms with Gasteiger partial charge in [0.15, 0.2) is 5.82 Å². The lowest BCUT2D eigenvalue weighted by Crippen LogP contribution is -1.96. The summed E-state index contributed by atoms with van der Waals surface area (Å²) in [5.41, 5.74) is 0.434. The van der Waals surface area contributed by atoms with E-state index in [0.717, 1.165) is 10.8 Å². The maximum absolute atomic E-state index is 12.6. The Labute approximate surface area is 106 Å². The van der Waals surface area contributed by atoms with Crippen LogP contribution in [-0.4, -0.2) is 9.97 Å². The molecule has 0 spiro atoms. The van der Waals surface area contributed by atoms with Gasteiger partial charge in [0.1, 0.15) is 5.15 Å². The molecule has 0 aliphatic carbocycles. The van der Waals surface area contributed by atoms with Gasteiger partial charge in [-0.15, -0.1) is 0 Å². The van der Waals surface area contributed by atoms with Gasteiger partial charge in [-0.1, -0.05) is 35.9 Å². The number of hydrogen-bond acceptors (Lipinski definition) is 2. The van der Waals surface area contributed by atoms with E-state index in [2.05, 4.69) is 9.97 Å². The van der Waals surface area contributed by atoms with Crippen molar-refractivity contribution in [2.75, 3.05) is 0 Å². The Morgan fingerprint density at radius 2 is 1.67 bits per heavy atom. The fourth-order valence-corrected chi connectivity index (χ4v) is 2.13. The third-order valence-corrected chi connectivity index (χ3v) is 3.02. The van der Waals surface area contributed by atoms with Crippen molar-refractivity contribution in [2.45, 2.75) is 6.43 Å². The van der Waals surface area contributed by atoms with Crippen LogP contribution < -0.4 is 0 Å². The molecule has 5 heteroatoms. The normalized spacial score (nSPS) is 11.6. The van der Waals surface area contributed by atoms with Crippen LogP contribution in [0.25, 0.3) is 21.7 Å². The van der Waals surface area contributed by atoms with Crippen LogP contribution in [0.2, 0.25) is 5.15 Å². The van der Waals surface area contributed by atoms with Crippen molar-refractivity contribution in [3.05, 3.63) is 47.4 Å². The number of nitrogens with zero attached hydrogens (tertiary/aromatic N) is 2. The van der Waals surface area contributed by atoms with Crippen LogP contribution in [0, 0.1) is 0 Å². The van der Waals surface area contributed by atoms with E-state index in [1.165, 1.54) is 0 Å². The Kier molecular flexibility index (Phi) is 2.59. The van der Waals surface area contributed by atoms with Gasteiger partial charge in [0.2, 0.25) is 0 Å². The summed E-state index contributed by atoms with van der Waals surface area (Å²) in [6.45, 7) is 0. The quantitative estimate of drug-likeness (QED) is 0.482. The average molecular weight is 265 g/mol. The molecule has 0 saturated heterocycles. The van der Waals surface area contributed by atoms with E-state index in [4.69, 9.17) is 11.6 Å². The molecule has 0 aliphatic heterocycles. The van der Waals surface area contributed by atoms with Crippen molar-refractivity contribution in [2.24, 2.45) is 0 Å². The van der Waals surface area contributed by atoms with Gasteiger partial charge in [-0.2, -0.15) is 0 Å². The Balaban J connectivity index is 2.39. The van der Waals surface area contributed by atoms with Crippen LogP contribution in [0.15, 0.2) is 36.4 Å². The summed E-state index contributed by atoms with van der Waals surface area (Å²) in [6, 6.07) is 11.1. The summed E-state index contributed by atoms with van der Waals surface area (Å²) >= 11 is 5.92. The second-order valence-corrected chi connectivity index (χ2v) is 4.25. The van der Waals surface area contributed by atoms with E-state index in [0.29, 0.717) is 10.9 Å². The number of benzene rings is 2. The van der Waals surface area contributed by atoms with Crippen LogP contribution in [0.3, 0.4) is 0 Å². The predicted octanol–water partition coefficient (Wildman–Crippen LogP) is 4.37. The van der Waals surface area contributed by atoms with Gasteiger partial charge >= 0.3 is 0 Å². The monoisotopic (exact) mass is 264 g/mol. The van der Waals surface area contributed by atoms with Gasteiger partial charge in [-0.25, -0.2) is 18.7 Å². The molecule has 0 amide bonds. The van der Waals surface area contributed by atoms with Crippen LogP contribution in [0.1, 0.15) is 12.2 Å². The third-order valence-electron chi connectivity index (χ3n) is 2.73. The first-order chi connectivity index (χ1) is 8.65. The van der Waals surface area contributed by atoms with Crippen LogP contribution in [-0.2, 0) is 0 Å². The van der Waals surface area contributed by atoms with E-state index in [1.54, 1.807) is 6.07 Å². The van der Waals surface area contributed by atoms with Gasteiger partial charge < -0.3 is 0 Å². The topological polar surface area (TPSA) is 25.8 Å². The number of aromatic nitrogens is 2. The first kappa shape index (κ1) is 11.3. The zero-order valence-electron chi connectivity index (χ0n) is 9.07. The molecule has 2 aromatic carbocycles. The second kappa shape index (κ2) is 4.14. The summed E-state index contributed by atoms with van der Waals surface area (Å²) < 4.78 is 25.2. The molecule has 0 atom stereocenters. The molecule has 0 bridgehead atoms. The predicted molar refractivity (Wildman–Crippen MR) is 67.0 cm³/mol. The van der Waals surface area contributed by atoms with Crippen LogP contribution in [0.4, 0.5) is 8.78 Å². The van der Waals surface area contributed by atoms with Crippen LogP contribution >= 0.6 is 11.6 Å². The standard InChI is InChI=1S/C13H7ClF2N2/c14-11-9-5-7-3-1-2-4-8(7)6-10(9)17-13(18-11)12(15)16/h1-6,12H. The summed E-state index contributed by atoms with van der Waals surface area (Å²) in [5.74, 6) is -0.539. The second-order valence-electron chi connectivity index (χ2n) is 3.89. The van der Waals surface area contributed by atoms with Crippen LogP contribution in [0.5, 0.6) is 0 Å². The van der Waals surface area contributed by atoms with E-state index < -0.39 is 12.2 Å². The van der Waals surface area contributed by atoms with Gasteiger partial charge in [0, 0.05) is 5.39 Å². The van der Waals surface area contributed by atoms with Gasteiger partial charge in [0.25, 0.3) is 6.43 Å². The van der Waals surface area contributed by atoms with Gasteiger partial charge in [0.05, 0.1) is 5.52 Å². The lowest BCUT2D eigenvalue weighted by molar-refractivity contribution is 0.141. The first-order valence-corrected chi connectivity index (χ1v) is 5.67. The fraction of sp³-hybridized carbons (Fsp3) is 0.0769. The van der Waals surface area contributed by atoms with Crippen molar-refractivity contribution in [1.29, 1.82) is 0 Å². The number of fused-ring (bicyclic) bond motifs is 2. The number of hydrogen-bond donors (Lipinski definition) is 0. The lowest BCUT2D eigenvalue weighted by Gasteiger charge is -2.05. The maximum atomic E-state index is 12.6. The van der Waals surface area contributed by atoms with Crippen molar-refractivity contribution in [3.8, 4) is 0 Å². The Hall–Kier alpha value is -1.81. The van der Waals surface area contributed by atoms with E-state index >= 15 is 0 Å². The molecule has 1 heterocycles. The highest BCUT2D eigenvalue weighted by molar-refractivity contribution is 6.34. The zero-order valence-corrected chi connectivity index (χ0v) is 9.83. The molecule has 2 nitrogen and oxygen atoms in total. The van der Waals surface area contributed by atoms with E-state index in [9.17, 15) is 8.78 Å². The molecule has 0 fully saturated rings. The SMILES string of the molecule is FC(F)c1nc(Cl)c2cc3ccccc3cc2n1. The molecule has 3 aromatic rings. The largest absolute Gasteiger partial charge is 0.297 e. The van der Waals surface area contributed by atoms with E-state index in [1.807, 2.05) is 30.3 Å². The molecule has 0 unspecified atom stereocenters. The number of rotatable bonds is 1. The average Bonchev–Trinajstić information content (AvgIpc) is 2.36. The van der Waals surface area contributed by atoms with Crippen molar-refractivity contribution in [1.82, 2.24) is 9.97 Å². The highest BCUT2D eigenvalue weighted by Crippen LogP contribution is 2.28. The summed E-state index contributed by atoms with van der Waals surface area (Å²) in [7, 11) is 0. The molecular weight excluding hydrogens is 258 g/mol. The molecule has 0 saturated carbocycles. The summed E-state index contributed by atoms with van der Waals surface area (Å²) in [4.78, 5) is 7.45. The number of halogens is 3. The zero-order chi connectivity index (χ0) is 12.7. The molecule has 0 N–H and O–H groups in total. The minimum Gasteiger partial charge on any atom is -0.227 e. The molecule has 0 radical (unpaired) electrons. The molecule has 0 aliphatic rings. The Morgan fingerprint density at radius 1 is 1.00 bits per heavy atom. The fourth-order valence-electron chi connectivity index (χ4n) is 1.89. The molecule has 18 heavy (non-hydrogen) atoms. The minimum atomic E-state index is -2.72. The molecule has 1 aromatic heterocycles. The number of alkyl halides is 2. The first-order valence-electron chi connectivity index (χ1n) is 5.29. The van der Waals surface area contributed by atoms with Gasteiger partial charge in [-0.3, -0.25) is 0 Å². The summed E-state index contributed by atoms with van der Waals surface area (Å²) in [5, 5.41) is 2.54. The highest BCUT2D eigenvalue weighted by atomic mass is 35.5. The third kappa shape index (κ3) is 1.78. The van der Waals surface area contributed by atoms with Crippen molar-refractivity contribution < 1.29 is 8.78 Å². The maximum Gasteiger partial charge on any atom is 0.297 e. The lowest BCUT2D eigenvalue weighted by atomic mass is 10.1. The van der Waals surface area contributed by atoms with Crippen molar-refractivity contribution >= 4 is 33.3 Å². The highest BCUT2D eigenvalue weighted by Gasteiger charge is 2.14. The molecular formula is C13H7ClF2N2. The molecule has 3 rings (SSSR count). The molecule has 90 valence electrons. The Bertz CT molecular complexity index is 743. The smallest absolute Gasteiger partial charge is 0.227 e. The Morgan fingerprint density at radius 3 is 2.33 bits per heavy atom. The van der Waals surface area contributed by atoms with Gasteiger partial charge in [-0.05, 0) is 22.9 Å². The summed E-state index contributed by atoms with van der Waals surface area (Å²) in [6.07, 6.45) is -2.72. The van der Waals surface area contributed by atoms with E-state index in [-0.39, 0.29) is 5.15 Å². The van der Waals surface area contributed by atoms with Crippen molar-refractivity contribution in [3.63, 3.8) is 0 Å².